The average Bonchev–Trinajstić information content (AvgIpc) is 2.97. The van der Waals surface area contributed by atoms with Crippen LogP contribution in [0.1, 0.15) is 10.6 Å². The molecule has 0 radical (unpaired) electrons. The van der Waals surface area contributed by atoms with Gasteiger partial charge in [-0.25, -0.2) is 18.1 Å². The van der Waals surface area contributed by atoms with Gasteiger partial charge in [-0.3, -0.25) is 0 Å². The van der Waals surface area contributed by atoms with Crippen molar-refractivity contribution in [3.63, 3.8) is 0 Å². The number of hydrogen-bond acceptors (Lipinski definition) is 5. The minimum atomic E-state index is -3.62. The summed E-state index contributed by atoms with van der Waals surface area (Å²) in [6.45, 7) is 0.347. The number of nitrogens with two attached hydrogens (primary N) is 1. The zero-order valence-electron chi connectivity index (χ0n) is 10.5. The van der Waals surface area contributed by atoms with E-state index in [9.17, 15) is 8.42 Å². The van der Waals surface area contributed by atoms with Crippen LogP contribution in [0.5, 0.6) is 0 Å². The topological polar surface area (TPSA) is 85.1 Å². The van der Waals surface area contributed by atoms with Crippen molar-refractivity contribution in [2.24, 2.45) is 5.73 Å². The Bertz CT molecular complexity index is 728. The van der Waals surface area contributed by atoms with Crippen LogP contribution < -0.4 is 10.5 Å². The highest BCUT2D eigenvalue weighted by molar-refractivity contribution is 7.89. The highest BCUT2D eigenvalue weighted by atomic mass is 32.2. The number of sulfonamides is 1. The molecule has 1 aromatic heterocycles. The standard InChI is InChI=1S/C13H13N3O2S2/c14-7-3-5-11-4-1-2-6-12(11)20(17,18)16-10-13-15-8-9-19-13/h1-2,4,6,8-9,16H,7,10,14H2. The SMILES string of the molecule is NCC#Cc1ccccc1S(=O)(=O)NCc1nccs1. The third-order valence-electron chi connectivity index (χ3n) is 2.40. The molecule has 2 rings (SSSR count). The van der Waals surface area contributed by atoms with Crippen LogP contribution in [0.4, 0.5) is 0 Å². The van der Waals surface area contributed by atoms with Crippen molar-refractivity contribution in [2.75, 3.05) is 6.54 Å². The Morgan fingerprint density at radius 2 is 2.15 bits per heavy atom. The number of nitrogens with one attached hydrogen (secondary N) is 1. The van der Waals surface area contributed by atoms with E-state index in [-0.39, 0.29) is 18.0 Å². The van der Waals surface area contributed by atoms with Crippen LogP contribution in [0.3, 0.4) is 0 Å². The minimum Gasteiger partial charge on any atom is -0.320 e. The van der Waals surface area contributed by atoms with Crippen LogP contribution in [-0.4, -0.2) is 19.9 Å². The Labute approximate surface area is 121 Å². The Hall–Kier alpha value is -1.72. The van der Waals surface area contributed by atoms with Gasteiger partial charge in [0.25, 0.3) is 0 Å². The number of hydrogen-bond donors (Lipinski definition) is 2. The second kappa shape index (κ2) is 6.63. The smallest absolute Gasteiger partial charge is 0.242 e. The van der Waals surface area contributed by atoms with Crippen LogP contribution >= 0.6 is 11.3 Å². The summed E-state index contributed by atoms with van der Waals surface area (Å²) in [5.41, 5.74) is 5.75. The fraction of sp³-hybridized carbons (Fsp3) is 0.154. The molecule has 3 N–H and O–H groups in total. The largest absolute Gasteiger partial charge is 0.320 e. The van der Waals surface area contributed by atoms with Crippen LogP contribution in [0.2, 0.25) is 0 Å². The number of nitrogens with zero attached hydrogens (tertiary/aromatic N) is 1. The van der Waals surface area contributed by atoms with Gasteiger partial charge in [-0.05, 0) is 12.1 Å². The summed E-state index contributed by atoms with van der Waals surface area (Å²) < 4.78 is 27.1. The molecule has 7 heteroatoms. The van der Waals surface area contributed by atoms with E-state index >= 15 is 0 Å². The minimum absolute atomic E-state index is 0.150. The maximum absolute atomic E-state index is 12.3. The van der Waals surface area contributed by atoms with E-state index in [0.717, 1.165) is 0 Å². The average molecular weight is 307 g/mol. The molecule has 20 heavy (non-hydrogen) atoms. The fourth-order valence-corrected chi connectivity index (χ4v) is 3.32. The number of thiazole rings is 1. The second-order valence-electron chi connectivity index (χ2n) is 3.75. The molecule has 1 heterocycles. The maximum atomic E-state index is 12.3. The van der Waals surface area contributed by atoms with E-state index < -0.39 is 10.0 Å². The van der Waals surface area contributed by atoms with E-state index in [1.54, 1.807) is 29.8 Å². The molecule has 2 aromatic rings. The molecule has 0 aliphatic carbocycles. The molecule has 0 saturated heterocycles. The molecule has 0 bridgehead atoms. The van der Waals surface area contributed by atoms with Gasteiger partial charge in [-0.2, -0.15) is 0 Å². The van der Waals surface area contributed by atoms with E-state index in [1.165, 1.54) is 17.4 Å². The first kappa shape index (κ1) is 14.7. The van der Waals surface area contributed by atoms with Gasteiger partial charge in [-0.15, -0.1) is 11.3 Å². The summed E-state index contributed by atoms with van der Waals surface area (Å²) in [5, 5.41) is 2.50. The first-order valence-corrected chi connectivity index (χ1v) is 8.16. The third kappa shape index (κ3) is 3.65. The maximum Gasteiger partial charge on any atom is 0.242 e. The molecule has 0 fully saturated rings. The van der Waals surface area contributed by atoms with Crippen LogP contribution in [-0.2, 0) is 16.6 Å². The molecular weight excluding hydrogens is 294 g/mol. The quantitative estimate of drug-likeness (QED) is 0.823. The molecule has 0 unspecified atom stereocenters. The molecule has 0 atom stereocenters. The van der Waals surface area contributed by atoms with E-state index in [4.69, 9.17) is 5.73 Å². The van der Waals surface area contributed by atoms with Gasteiger partial charge in [-0.1, -0.05) is 24.0 Å². The number of benzene rings is 1. The van der Waals surface area contributed by atoms with Crippen molar-refractivity contribution in [1.29, 1.82) is 0 Å². The normalized spacial score (nSPS) is 10.8. The predicted molar refractivity (Wildman–Crippen MR) is 78.5 cm³/mol. The summed E-state index contributed by atoms with van der Waals surface area (Å²) in [4.78, 5) is 4.18. The first-order valence-electron chi connectivity index (χ1n) is 5.79. The Morgan fingerprint density at radius 3 is 2.85 bits per heavy atom. The highest BCUT2D eigenvalue weighted by Gasteiger charge is 2.17. The molecule has 0 spiro atoms. The Morgan fingerprint density at radius 1 is 1.35 bits per heavy atom. The van der Waals surface area contributed by atoms with Gasteiger partial charge in [0.2, 0.25) is 10.0 Å². The first-order chi connectivity index (χ1) is 9.63. The molecule has 0 saturated carbocycles. The lowest BCUT2D eigenvalue weighted by atomic mass is 10.2. The van der Waals surface area contributed by atoms with Crippen molar-refractivity contribution in [2.45, 2.75) is 11.4 Å². The molecule has 0 aliphatic heterocycles. The molecule has 104 valence electrons. The van der Waals surface area contributed by atoms with Gasteiger partial charge in [0.15, 0.2) is 0 Å². The summed E-state index contributed by atoms with van der Waals surface area (Å²) in [7, 11) is -3.62. The predicted octanol–water partition coefficient (Wildman–Crippen LogP) is 0.932. The third-order valence-corrected chi connectivity index (χ3v) is 4.64. The van der Waals surface area contributed by atoms with Gasteiger partial charge in [0.05, 0.1) is 18.0 Å². The van der Waals surface area contributed by atoms with Crippen molar-refractivity contribution < 1.29 is 8.42 Å². The Kier molecular flexibility index (Phi) is 4.87. The Balaban J connectivity index is 2.25. The molecule has 5 nitrogen and oxygen atoms in total. The zero-order valence-corrected chi connectivity index (χ0v) is 12.2. The monoisotopic (exact) mass is 307 g/mol. The molecular formula is C13H13N3O2S2. The van der Waals surface area contributed by atoms with Crippen LogP contribution in [0.25, 0.3) is 0 Å². The van der Waals surface area contributed by atoms with Crippen LogP contribution in [0, 0.1) is 11.8 Å². The van der Waals surface area contributed by atoms with Crippen molar-refractivity contribution in [1.82, 2.24) is 9.71 Å². The summed E-state index contributed by atoms with van der Waals surface area (Å²) in [5.74, 6) is 5.43. The van der Waals surface area contributed by atoms with E-state index in [1.807, 2.05) is 0 Å². The number of aromatic nitrogens is 1. The van der Waals surface area contributed by atoms with Gasteiger partial charge in [0.1, 0.15) is 5.01 Å². The zero-order chi connectivity index (χ0) is 14.4. The van der Waals surface area contributed by atoms with Crippen LogP contribution in [0.15, 0.2) is 40.7 Å². The fourth-order valence-electron chi connectivity index (χ4n) is 1.53. The molecule has 1 aromatic carbocycles. The van der Waals surface area contributed by atoms with E-state index in [2.05, 4.69) is 21.5 Å². The lowest BCUT2D eigenvalue weighted by Crippen LogP contribution is -2.24. The lowest BCUT2D eigenvalue weighted by Gasteiger charge is -2.07. The summed E-state index contributed by atoms with van der Waals surface area (Å²) >= 11 is 1.39. The van der Waals surface area contributed by atoms with Gasteiger partial charge in [0, 0.05) is 17.1 Å². The van der Waals surface area contributed by atoms with Crippen molar-refractivity contribution in [3.05, 3.63) is 46.4 Å². The van der Waals surface area contributed by atoms with Gasteiger partial charge >= 0.3 is 0 Å². The number of rotatable bonds is 4. The summed E-state index contributed by atoms with van der Waals surface area (Å²) in [6.07, 6.45) is 1.63. The van der Waals surface area contributed by atoms with Gasteiger partial charge < -0.3 is 5.73 Å². The highest BCUT2D eigenvalue weighted by Crippen LogP contribution is 2.15. The molecule has 0 amide bonds. The van der Waals surface area contributed by atoms with Crippen molar-refractivity contribution in [3.8, 4) is 11.8 Å². The van der Waals surface area contributed by atoms with E-state index in [0.29, 0.717) is 10.6 Å². The lowest BCUT2D eigenvalue weighted by molar-refractivity contribution is 0.581. The second-order valence-corrected chi connectivity index (χ2v) is 6.47. The molecule has 0 aliphatic rings. The summed E-state index contributed by atoms with van der Waals surface area (Å²) in [6, 6.07) is 6.57. The van der Waals surface area contributed by atoms with Crippen molar-refractivity contribution >= 4 is 21.4 Å².